The van der Waals surface area contributed by atoms with Gasteiger partial charge in [0.05, 0.1) is 52.9 Å². The Morgan fingerprint density at radius 2 is 0.786 bits per heavy atom. The van der Waals surface area contributed by atoms with Gasteiger partial charge in [0.25, 0.3) is 0 Å². The van der Waals surface area contributed by atoms with E-state index >= 15 is 0 Å². The molecule has 2 saturated heterocycles. The first-order valence-corrected chi connectivity index (χ1v) is 14.8. The van der Waals surface area contributed by atoms with Gasteiger partial charge in [-0.2, -0.15) is 0 Å². The Morgan fingerprint density at radius 3 is 1.12 bits per heavy atom. The minimum absolute atomic E-state index is 0.284. The fourth-order valence-corrected chi connectivity index (χ4v) is 4.54. The van der Waals surface area contributed by atoms with Crippen molar-refractivity contribution in [2.45, 2.75) is 25.0 Å². The van der Waals surface area contributed by atoms with E-state index in [1.807, 2.05) is 36.4 Å². The highest BCUT2D eigenvalue weighted by Gasteiger charge is 2.22. The fraction of sp³-hybridized carbons (Fsp3) is 0.412. The summed E-state index contributed by atoms with van der Waals surface area (Å²) < 4.78 is 44.9. The Kier molecular flexibility index (Phi) is 9.90. The zero-order valence-corrected chi connectivity index (χ0v) is 23.8. The van der Waals surface area contributed by atoms with E-state index in [0.717, 1.165) is 70.6 Å². The average Bonchev–Trinajstić information content (AvgIpc) is 3.95. The third-order valence-electron chi connectivity index (χ3n) is 7.05. The molecule has 0 amide bonds. The van der Waals surface area contributed by atoms with Crippen LogP contribution in [0.3, 0.4) is 0 Å². The summed E-state index contributed by atoms with van der Waals surface area (Å²) >= 11 is 0. The van der Waals surface area contributed by atoms with Gasteiger partial charge in [0.2, 0.25) is 0 Å². The molecule has 42 heavy (non-hydrogen) atoms. The van der Waals surface area contributed by atoms with E-state index in [2.05, 4.69) is 36.4 Å². The summed E-state index contributed by atoms with van der Waals surface area (Å²) in [7, 11) is 0. The van der Waals surface area contributed by atoms with Gasteiger partial charge in [0, 0.05) is 0 Å². The summed E-state index contributed by atoms with van der Waals surface area (Å²) in [5.74, 6) is 3.41. The van der Waals surface area contributed by atoms with Crippen LogP contribution in [0.1, 0.15) is 12.8 Å². The largest absolute Gasteiger partial charge is 0.494 e. The van der Waals surface area contributed by atoms with Gasteiger partial charge >= 0.3 is 0 Å². The van der Waals surface area contributed by atoms with Crippen molar-refractivity contribution in [1.82, 2.24) is 0 Å². The number of unbranched alkanes of at least 4 members (excludes halogenated alkanes) is 1. The summed E-state index contributed by atoms with van der Waals surface area (Å²) in [4.78, 5) is 0. The Morgan fingerprint density at radius 1 is 0.452 bits per heavy atom. The van der Waals surface area contributed by atoms with Crippen LogP contribution >= 0.6 is 0 Å². The summed E-state index contributed by atoms with van der Waals surface area (Å²) in [6, 6.07) is 24.5. The van der Waals surface area contributed by atoms with Crippen LogP contribution in [-0.2, 0) is 18.9 Å². The van der Waals surface area contributed by atoms with Crippen LogP contribution in [0, 0.1) is 0 Å². The van der Waals surface area contributed by atoms with Crippen molar-refractivity contribution in [3.63, 3.8) is 0 Å². The van der Waals surface area contributed by atoms with Crippen LogP contribution in [0.2, 0.25) is 0 Å². The molecule has 8 heteroatoms. The van der Waals surface area contributed by atoms with Crippen LogP contribution in [0.15, 0.2) is 72.8 Å². The predicted octanol–water partition coefficient (Wildman–Crippen LogP) is 5.82. The summed E-state index contributed by atoms with van der Waals surface area (Å²) in [6.07, 6.45) is 2.38. The second-order valence-electron chi connectivity index (χ2n) is 10.5. The molecule has 2 aliphatic rings. The smallest absolute Gasteiger partial charge is 0.120 e. The predicted molar refractivity (Wildman–Crippen MR) is 160 cm³/mol. The van der Waals surface area contributed by atoms with E-state index in [1.54, 1.807) is 0 Å². The number of hydrogen-bond acceptors (Lipinski definition) is 8. The molecule has 0 saturated carbocycles. The first-order valence-electron chi connectivity index (χ1n) is 14.8. The van der Waals surface area contributed by atoms with Gasteiger partial charge in [-0.3, -0.25) is 0 Å². The van der Waals surface area contributed by atoms with Crippen molar-refractivity contribution in [3.05, 3.63) is 72.8 Å². The van der Waals surface area contributed by atoms with Crippen molar-refractivity contribution < 1.29 is 37.9 Å². The second kappa shape index (κ2) is 14.6. The zero-order valence-electron chi connectivity index (χ0n) is 23.8. The molecule has 0 bridgehead atoms. The number of rotatable bonds is 19. The highest BCUT2D eigenvalue weighted by molar-refractivity contribution is 5.86. The van der Waals surface area contributed by atoms with Crippen molar-refractivity contribution >= 4 is 21.5 Å². The molecule has 2 heterocycles. The van der Waals surface area contributed by atoms with Gasteiger partial charge in [0.15, 0.2) is 0 Å². The molecule has 2 unspecified atom stereocenters. The van der Waals surface area contributed by atoms with Gasteiger partial charge in [-0.25, -0.2) is 0 Å². The zero-order chi connectivity index (χ0) is 28.4. The van der Waals surface area contributed by atoms with E-state index in [-0.39, 0.29) is 12.2 Å². The highest BCUT2D eigenvalue weighted by atomic mass is 16.6. The molecule has 0 aromatic heterocycles. The summed E-state index contributed by atoms with van der Waals surface area (Å²) in [5, 5.41) is 4.47. The third kappa shape index (κ3) is 8.97. The normalized spacial score (nSPS) is 17.3. The molecule has 222 valence electrons. The molecule has 0 radical (unpaired) electrons. The lowest BCUT2D eigenvalue weighted by Crippen LogP contribution is -2.10. The SMILES string of the molecule is c1cc2cc(OCCOCC3CO3)ccc2cc1OCCCCOc1ccc2cc(OCCOCC3CO3)ccc2c1. The Hall–Kier alpha value is -3.56. The van der Waals surface area contributed by atoms with Gasteiger partial charge in [-0.05, 0) is 82.9 Å². The van der Waals surface area contributed by atoms with Gasteiger partial charge in [-0.15, -0.1) is 0 Å². The molecular weight excluding hydrogens is 536 g/mol. The van der Waals surface area contributed by atoms with Crippen LogP contribution in [0.5, 0.6) is 23.0 Å². The molecule has 0 spiro atoms. The van der Waals surface area contributed by atoms with E-state index in [9.17, 15) is 0 Å². The fourth-order valence-electron chi connectivity index (χ4n) is 4.54. The van der Waals surface area contributed by atoms with Crippen molar-refractivity contribution in [1.29, 1.82) is 0 Å². The number of hydrogen-bond donors (Lipinski definition) is 0. The Bertz CT molecular complexity index is 1320. The number of fused-ring (bicyclic) bond motifs is 2. The van der Waals surface area contributed by atoms with E-state index < -0.39 is 0 Å². The monoisotopic (exact) mass is 574 g/mol. The molecule has 2 fully saturated rings. The quantitative estimate of drug-likeness (QED) is 0.102. The maximum absolute atomic E-state index is 6.00. The first-order chi connectivity index (χ1) is 20.8. The van der Waals surface area contributed by atoms with Gasteiger partial charge in [0.1, 0.15) is 48.4 Å². The molecule has 0 aliphatic carbocycles. The summed E-state index contributed by atoms with van der Waals surface area (Å²) in [5.41, 5.74) is 0. The number of benzene rings is 4. The lowest BCUT2D eigenvalue weighted by atomic mass is 10.1. The minimum atomic E-state index is 0.284. The van der Waals surface area contributed by atoms with Crippen LogP contribution in [0.25, 0.3) is 21.5 Å². The van der Waals surface area contributed by atoms with Crippen LogP contribution in [-0.4, -0.2) is 78.3 Å². The third-order valence-corrected chi connectivity index (χ3v) is 7.05. The Labute approximate surface area is 246 Å². The molecule has 2 aliphatic heterocycles. The van der Waals surface area contributed by atoms with Gasteiger partial charge < -0.3 is 37.9 Å². The molecule has 8 nitrogen and oxygen atoms in total. The lowest BCUT2D eigenvalue weighted by Gasteiger charge is -2.11. The summed E-state index contributed by atoms with van der Waals surface area (Å²) in [6.45, 7) is 6.36. The maximum atomic E-state index is 6.00. The van der Waals surface area contributed by atoms with Crippen LogP contribution in [0.4, 0.5) is 0 Å². The van der Waals surface area contributed by atoms with E-state index in [4.69, 9.17) is 37.9 Å². The molecular formula is C34H38O8. The first kappa shape index (κ1) is 28.6. The van der Waals surface area contributed by atoms with E-state index in [0.29, 0.717) is 52.9 Å². The van der Waals surface area contributed by atoms with Gasteiger partial charge in [-0.1, -0.05) is 24.3 Å². The standard InChI is InChI=1S/C34H38O8/c1(11-37-29-7-3-27-19-31(9-5-25(27)17-29)39-15-13-35-21-33-23-41-33)2-12-38-30-8-4-28-20-32(10-6-26(28)18-30)40-16-14-36-22-34-24-42-34/h3-10,17-20,33-34H,1-2,11-16,21-24H2. The highest BCUT2D eigenvalue weighted by Crippen LogP contribution is 2.27. The lowest BCUT2D eigenvalue weighted by molar-refractivity contribution is 0.0879. The molecule has 4 aromatic carbocycles. The molecule has 2 atom stereocenters. The topological polar surface area (TPSA) is 80.4 Å². The second-order valence-corrected chi connectivity index (χ2v) is 10.5. The average molecular weight is 575 g/mol. The number of ether oxygens (including phenoxy) is 8. The van der Waals surface area contributed by atoms with Crippen molar-refractivity contribution in [3.8, 4) is 23.0 Å². The Balaban J connectivity index is 0.865. The molecule has 4 aromatic rings. The van der Waals surface area contributed by atoms with E-state index in [1.165, 1.54) is 0 Å². The van der Waals surface area contributed by atoms with Crippen molar-refractivity contribution in [2.75, 3.05) is 66.1 Å². The minimum Gasteiger partial charge on any atom is -0.494 e. The number of epoxide rings is 2. The maximum Gasteiger partial charge on any atom is 0.120 e. The van der Waals surface area contributed by atoms with Crippen LogP contribution < -0.4 is 18.9 Å². The molecule has 6 rings (SSSR count). The van der Waals surface area contributed by atoms with Crippen molar-refractivity contribution in [2.24, 2.45) is 0 Å². The molecule has 0 N–H and O–H groups in total.